The highest BCUT2D eigenvalue weighted by Crippen LogP contribution is 2.29. The number of hydrogen-bond acceptors (Lipinski definition) is 2. The molecule has 3 atom stereocenters. The number of halogens is 1. The van der Waals surface area contributed by atoms with Gasteiger partial charge in [0.15, 0.2) is 9.84 Å². The van der Waals surface area contributed by atoms with Crippen molar-refractivity contribution in [1.29, 1.82) is 0 Å². The van der Waals surface area contributed by atoms with Gasteiger partial charge in [-0.1, -0.05) is 26.7 Å². The quantitative estimate of drug-likeness (QED) is 0.696. The first-order valence-corrected chi connectivity index (χ1v) is 8.98. The normalized spacial score (nSPS) is 27.9. The molecule has 1 rings (SSSR count). The fraction of sp³-hybridized carbons (Fsp3) is 1.00. The molecular formula is C13H25ClO2S. The summed E-state index contributed by atoms with van der Waals surface area (Å²) in [5.41, 5.74) is 0. The molecule has 2 nitrogen and oxygen atoms in total. The second-order valence-electron chi connectivity index (χ2n) is 5.63. The molecule has 0 aromatic heterocycles. The molecule has 17 heavy (non-hydrogen) atoms. The van der Waals surface area contributed by atoms with Crippen LogP contribution in [-0.2, 0) is 9.84 Å². The van der Waals surface area contributed by atoms with Gasteiger partial charge in [-0.3, -0.25) is 0 Å². The number of alkyl halides is 1. The van der Waals surface area contributed by atoms with E-state index in [0.717, 1.165) is 32.1 Å². The van der Waals surface area contributed by atoms with Crippen LogP contribution in [0.2, 0.25) is 0 Å². The number of hydrogen-bond donors (Lipinski definition) is 0. The van der Waals surface area contributed by atoms with E-state index >= 15 is 0 Å². The van der Waals surface area contributed by atoms with Crippen molar-refractivity contribution in [2.45, 2.75) is 57.6 Å². The van der Waals surface area contributed by atoms with Crippen molar-refractivity contribution in [1.82, 2.24) is 0 Å². The molecule has 1 fully saturated rings. The fourth-order valence-corrected chi connectivity index (χ4v) is 5.15. The second kappa shape index (κ2) is 6.98. The molecule has 0 N–H and O–H groups in total. The summed E-state index contributed by atoms with van der Waals surface area (Å²) in [5.74, 6) is 1.97. The molecule has 0 bridgehead atoms. The Balaban J connectivity index is 2.44. The van der Waals surface area contributed by atoms with E-state index in [9.17, 15) is 8.42 Å². The van der Waals surface area contributed by atoms with Crippen LogP contribution in [0.5, 0.6) is 0 Å². The third-order valence-electron chi connectivity index (χ3n) is 3.89. The van der Waals surface area contributed by atoms with Crippen molar-refractivity contribution in [3.05, 3.63) is 0 Å². The van der Waals surface area contributed by atoms with E-state index in [1.54, 1.807) is 0 Å². The molecule has 0 aromatic carbocycles. The SMILES string of the molecule is CC(CCCl)CCS(=O)(=O)C1CCCC(C)C1. The molecule has 4 heteroatoms. The Morgan fingerprint density at radius 2 is 2.00 bits per heavy atom. The molecule has 0 heterocycles. The highest BCUT2D eigenvalue weighted by Gasteiger charge is 2.29. The molecule has 0 aromatic rings. The zero-order valence-electron chi connectivity index (χ0n) is 11.0. The highest BCUT2D eigenvalue weighted by molar-refractivity contribution is 7.92. The number of rotatable bonds is 6. The minimum absolute atomic E-state index is 0.0746. The summed E-state index contributed by atoms with van der Waals surface area (Å²) in [5, 5.41) is -0.0746. The molecular weight excluding hydrogens is 256 g/mol. The molecule has 1 aliphatic rings. The first-order chi connectivity index (χ1) is 7.95. The Bertz CT molecular complexity index is 313. The van der Waals surface area contributed by atoms with Crippen molar-refractivity contribution in [3.8, 4) is 0 Å². The lowest BCUT2D eigenvalue weighted by atomic mass is 9.91. The molecule has 1 aliphatic carbocycles. The van der Waals surface area contributed by atoms with Crippen LogP contribution in [0.1, 0.15) is 52.4 Å². The van der Waals surface area contributed by atoms with Crippen LogP contribution in [-0.4, -0.2) is 25.3 Å². The average molecular weight is 281 g/mol. The van der Waals surface area contributed by atoms with Crippen LogP contribution in [0.3, 0.4) is 0 Å². The zero-order valence-corrected chi connectivity index (χ0v) is 12.6. The molecule has 1 saturated carbocycles. The van der Waals surface area contributed by atoms with Gasteiger partial charge in [-0.2, -0.15) is 0 Å². The predicted molar refractivity (Wildman–Crippen MR) is 74.3 cm³/mol. The van der Waals surface area contributed by atoms with E-state index in [-0.39, 0.29) is 5.25 Å². The van der Waals surface area contributed by atoms with Gasteiger partial charge in [-0.05, 0) is 37.5 Å². The summed E-state index contributed by atoms with van der Waals surface area (Å²) < 4.78 is 24.4. The largest absolute Gasteiger partial charge is 0.229 e. The van der Waals surface area contributed by atoms with E-state index in [0.29, 0.717) is 23.5 Å². The average Bonchev–Trinajstić information content (AvgIpc) is 2.27. The summed E-state index contributed by atoms with van der Waals surface area (Å²) >= 11 is 5.66. The van der Waals surface area contributed by atoms with E-state index in [1.165, 1.54) is 6.42 Å². The summed E-state index contributed by atoms with van der Waals surface area (Å²) in [4.78, 5) is 0. The van der Waals surface area contributed by atoms with Crippen molar-refractivity contribution in [2.24, 2.45) is 11.8 Å². The van der Waals surface area contributed by atoms with E-state index in [2.05, 4.69) is 13.8 Å². The molecule has 3 unspecified atom stereocenters. The first kappa shape index (κ1) is 15.3. The monoisotopic (exact) mass is 280 g/mol. The summed E-state index contributed by atoms with van der Waals surface area (Å²) in [6.45, 7) is 4.25. The smallest absolute Gasteiger partial charge is 0.153 e. The van der Waals surface area contributed by atoms with Crippen molar-refractivity contribution >= 4 is 21.4 Å². The summed E-state index contributed by atoms with van der Waals surface area (Å²) in [7, 11) is -2.87. The van der Waals surface area contributed by atoms with Crippen LogP contribution >= 0.6 is 11.6 Å². The van der Waals surface area contributed by atoms with Gasteiger partial charge in [-0.15, -0.1) is 11.6 Å². The van der Waals surface area contributed by atoms with Crippen LogP contribution in [0.25, 0.3) is 0 Å². The Kier molecular flexibility index (Phi) is 6.28. The van der Waals surface area contributed by atoms with E-state index in [4.69, 9.17) is 11.6 Å². The molecule has 0 aliphatic heterocycles. The van der Waals surface area contributed by atoms with Gasteiger partial charge in [0.25, 0.3) is 0 Å². The van der Waals surface area contributed by atoms with Crippen molar-refractivity contribution in [3.63, 3.8) is 0 Å². The van der Waals surface area contributed by atoms with Crippen molar-refractivity contribution in [2.75, 3.05) is 11.6 Å². The van der Waals surface area contributed by atoms with Crippen LogP contribution in [0.4, 0.5) is 0 Å². The first-order valence-electron chi connectivity index (χ1n) is 6.73. The van der Waals surface area contributed by atoms with Gasteiger partial charge < -0.3 is 0 Å². The molecule has 102 valence electrons. The Morgan fingerprint density at radius 1 is 1.29 bits per heavy atom. The lowest BCUT2D eigenvalue weighted by molar-refractivity contribution is 0.381. The minimum atomic E-state index is -2.87. The summed E-state index contributed by atoms with van der Waals surface area (Å²) in [6.07, 6.45) is 5.68. The van der Waals surface area contributed by atoms with Gasteiger partial charge in [0.05, 0.1) is 11.0 Å². The Morgan fingerprint density at radius 3 is 2.59 bits per heavy atom. The van der Waals surface area contributed by atoms with Crippen molar-refractivity contribution < 1.29 is 8.42 Å². The molecule has 0 saturated heterocycles. The number of sulfone groups is 1. The fourth-order valence-electron chi connectivity index (χ4n) is 2.57. The standard InChI is InChI=1S/C13H25ClO2S/c1-11(6-8-14)7-9-17(15,16)13-5-3-4-12(2)10-13/h11-13H,3-10H2,1-2H3. The van der Waals surface area contributed by atoms with Gasteiger partial charge in [0, 0.05) is 5.88 Å². The van der Waals surface area contributed by atoms with Crippen LogP contribution in [0, 0.1) is 11.8 Å². The maximum absolute atomic E-state index is 12.2. The molecule has 0 amide bonds. The second-order valence-corrected chi connectivity index (χ2v) is 8.41. The van der Waals surface area contributed by atoms with E-state index < -0.39 is 9.84 Å². The maximum Gasteiger partial charge on any atom is 0.153 e. The zero-order chi connectivity index (χ0) is 12.9. The lowest BCUT2D eigenvalue weighted by Gasteiger charge is -2.26. The van der Waals surface area contributed by atoms with Gasteiger partial charge in [0.1, 0.15) is 0 Å². The van der Waals surface area contributed by atoms with Crippen LogP contribution < -0.4 is 0 Å². The lowest BCUT2D eigenvalue weighted by Crippen LogP contribution is -2.29. The van der Waals surface area contributed by atoms with Crippen LogP contribution in [0.15, 0.2) is 0 Å². The maximum atomic E-state index is 12.2. The topological polar surface area (TPSA) is 34.1 Å². The van der Waals surface area contributed by atoms with Gasteiger partial charge in [-0.25, -0.2) is 8.42 Å². The Labute approximate surface area is 111 Å². The molecule has 0 radical (unpaired) electrons. The van der Waals surface area contributed by atoms with Gasteiger partial charge in [0.2, 0.25) is 0 Å². The van der Waals surface area contributed by atoms with Gasteiger partial charge >= 0.3 is 0 Å². The van der Waals surface area contributed by atoms with E-state index in [1.807, 2.05) is 0 Å². The minimum Gasteiger partial charge on any atom is -0.229 e. The third kappa shape index (κ3) is 5.17. The predicted octanol–water partition coefficient (Wildman–Crippen LogP) is 3.64. The third-order valence-corrected chi connectivity index (χ3v) is 6.36. The molecule has 0 spiro atoms. The summed E-state index contributed by atoms with van der Waals surface area (Å²) in [6, 6.07) is 0. The highest BCUT2D eigenvalue weighted by atomic mass is 35.5. The Hall–Kier alpha value is 0.240.